The van der Waals surface area contributed by atoms with E-state index in [0.717, 1.165) is 12.1 Å². The Balaban J connectivity index is 2.60. The monoisotopic (exact) mass is 333 g/mol. The number of aromatic nitrogens is 1. The maximum atomic E-state index is 13.8. The summed E-state index contributed by atoms with van der Waals surface area (Å²) in [6, 6.07) is 1.67. The quantitative estimate of drug-likeness (QED) is 0.934. The molecule has 0 aliphatic carbocycles. The van der Waals surface area contributed by atoms with Crippen LogP contribution < -0.4 is 4.74 Å². The van der Waals surface area contributed by atoms with Gasteiger partial charge in [-0.15, -0.1) is 0 Å². The highest BCUT2D eigenvalue weighted by molar-refractivity contribution is 9.10. The first-order valence-electron chi connectivity index (χ1n) is 4.87. The first-order chi connectivity index (χ1) is 8.95. The molecule has 0 bridgehead atoms. The van der Waals surface area contributed by atoms with Crippen molar-refractivity contribution in [2.45, 2.75) is 0 Å². The number of methoxy groups -OCH3 is 1. The van der Waals surface area contributed by atoms with Crippen LogP contribution in [0, 0.1) is 11.6 Å². The van der Waals surface area contributed by atoms with Gasteiger partial charge in [-0.3, -0.25) is 0 Å². The largest absolute Gasteiger partial charge is 0.494 e. The van der Waals surface area contributed by atoms with E-state index in [1.807, 2.05) is 0 Å². The van der Waals surface area contributed by atoms with Gasteiger partial charge >= 0.3 is 5.97 Å². The van der Waals surface area contributed by atoms with Gasteiger partial charge in [-0.2, -0.15) is 0 Å². The lowest BCUT2D eigenvalue weighted by Gasteiger charge is -2.05. The van der Waals surface area contributed by atoms with Crippen molar-refractivity contribution in [1.29, 1.82) is 0 Å². The molecule has 0 unspecified atom stereocenters. The number of ether oxygens (including phenoxy) is 1. The van der Waals surface area contributed by atoms with Crippen molar-refractivity contribution >= 4 is 21.9 Å². The smallest absolute Gasteiger partial charge is 0.359 e. The van der Waals surface area contributed by atoms with Crippen molar-refractivity contribution in [3.63, 3.8) is 0 Å². The number of rotatable bonds is 3. The molecule has 19 heavy (non-hydrogen) atoms. The summed E-state index contributed by atoms with van der Waals surface area (Å²) < 4.78 is 36.6. The third-order valence-electron chi connectivity index (χ3n) is 2.32. The van der Waals surface area contributed by atoms with Gasteiger partial charge in [0.2, 0.25) is 5.69 Å². The zero-order valence-corrected chi connectivity index (χ0v) is 11.0. The Morgan fingerprint density at radius 3 is 2.63 bits per heavy atom. The van der Waals surface area contributed by atoms with E-state index in [4.69, 9.17) is 9.63 Å². The summed E-state index contributed by atoms with van der Waals surface area (Å²) in [5, 5.41) is 12.1. The minimum absolute atomic E-state index is 0.0662. The summed E-state index contributed by atoms with van der Waals surface area (Å²) in [5.74, 6) is -3.46. The molecule has 100 valence electrons. The summed E-state index contributed by atoms with van der Waals surface area (Å²) in [7, 11) is 1.20. The molecule has 5 nitrogen and oxygen atoms in total. The summed E-state index contributed by atoms with van der Waals surface area (Å²) in [5.41, 5.74) is -0.684. The van der Waals surface area contributed by atoms with Crippen LogP contribution in [0.2, 0.25) is 0 Å². The fraction of sp³-hybridized carbons (Fsp3) is 0.0909. The van der Waals surface area contributed by atoms with Crippen molar-refractivity contribution in [3.05, 3.63) is 33.9 Å². The van der Waals surface area contributed by atoms with E-state index in [0.29, 0.717) is 0 Å². The van der Waals surface area contributed by atoms with Gasteiger partial charge in [0, 0.05) is 6.07 Å². The molecule has 0 saturated heterocycles. The van der Waals surface area contributed by atoms with Gasteiger partial charge in [0.1, 0.15) is 10.3 Å². The predicted octanol–water partition coefficient (Wildman–Crippen LogP) is 3.09. The number of aromatic carboxylic acids is 1. The van der Waals surface area contributed by atoms with Crippen molar-refractivity contribution in [3.8, 4) is 17.1 Å². The van der Waals surface area contributed by atoms with Crippen LogP contribution in [-0.4, -0.2) is 23.3 Å². The third-order valence-corrected chi connectivity index (χ3v) is 3.06. The van der Waals surface area contributed by atoms with E-state index in [1.54, 1.807) is 0 Å². The molecule has 8 heteroatoms. The topological polar surface area (TPSA) is 72.6 Å². The van der Waals surface area contributed by atoms with E-state index >= 15 is 0 Å². The lowest BCUT2D eigenvalue weighted by atomic mass is 10.1. The molecular weight excluding hydrogens is 328 g/mol. The summed E-state index contributed by atoms with van der Waals surface area (Å²) in [4.78, 5) is 10.8. The van der Waals surface area contributed by atoms with Gasteiger partial charge in [0.15, 0.2) is 17.3 Å². The van der Waals surface area contributed by atoms with Crippen LogP contribution in [-0.2, 0) is 0 Å². The Morgan fingerprint density at radius 2 is 2.11 bits per heavy atom. The Kier molecular flexibility index (Phi) is 3.52. The lowest BCUT2D eigenvalue weighted by Crippen LogP contribution is -1.97. The predicted molar refractivity (Wildman–Crippen MR) is 63.1 cm³/mol. The molecule has 0 fully saturated rings. The van der Waals surface area contributed by atoms with E-state index in [-0.39, 0.29) is 21.5 Å². The second kappa shape index (κ2) is 4.96. The van der Waals surface area contributed by atoms with Crippen LogP contribution in [0.15, 0.2) is 21.1 Å². The number of carboxylic acid groups (broad SMARTS) is 1. The SMILES string of the molecule is COc1cc(F)c(-c2onc(C(=O)O)c2Br)cc1F. The molecular formula is C11H6BrF2NO4. The average Bonchev–Trinajstić information content (AvgIpc) is 2.73. The van der Waals surface area contributed by atoms with Gasteiger partial charge in [-0.1, -0.05) is 5.16 Å². The highest BCUT2D eigenvalue weighted by atomic mass is 79.9. The Hall–Kier alpha value is -1.96. The molecule has 0 aliphatic rings. The van der Waals surface area contributed by atoms with Gasteiger partial charge in [0.05, 0.1) is 12.7 Å². The van der Waals surface area contributed by atoms with Crippen LogP contribution >= 0.6 is 15.9 Å². The molecule has 0 atom stereocenters. The van der Waals surface area contributed by atoms with Gasteiger partial charge < -0.3 is 14.4 Å². The van der Waals surface area contributed by atoms with Crippen molar-refractivity contribution in [1.82, 2.24) is 5.16 Å². The normalized spacial score (nSPS) is 10.5. The van der Waals surface area contributed by atoms with Gasteiger partial charge in [-0.25, -0.2) is 13.6 Å². The van der Waals surface area contributed by atoms with Gasteiger partial charge in [-0.05, 0) is 22.0 Å². The van der Waals surface area contributed by atoms with E-state index in [2.05, 4.69) is 25.8 Å². The van der Waals surface area contributed by atoms with E-state index in [1.165, 1.54) is 7.11 Å². The maximum absolute atomic E-state index is 13.8. The van der Waals surface area contributed by atoms with Crippen molar-refractivity contribution < 1.29 is 27.9 Å². The second-order valence-electron chi connectivity index (χ2n) is 3.45. The van der Waals surface area contributed by atoms with Crippen LogP contribution in [0.5, 0.6) is 5.75 Å². The number of carbonyl (C=O) groups is 1. The molecule has 0 amide bonds. The molecule has 2 rings (SSSR count). The Bertz CT molecular complexity index is 656. The minimum Gasteiger partial charge on any atom is -0.494 e. The lowest BCUT2D eigenvalue weighted by molar-refractivity contribution is 0.0685. The fourth-order valence-electron chi connectivity index (χ4n) is 1.44. The fourth-order valence-corrected chi connectivity index (χ4v) is 1.97. The molecule has 0 spiro atoms. The number of hydrogen-bond acceptors (Lipinski definition) is 4. The molecule has 0 saturated carbocycles. The summed E-state index contributed by atoms with van der Waals surface area (Å²) >= 11 is 2.93. The zero-order valence-electron chi connectivity index (χ0n) is 9.41. The summed E-state index contributed by atoms with van der Waals surface area (Å²) in [6.45, 7) is 0. The number of hydrogen-bond donors (Lipinski definition) is 1. The Labute approximate surface area is 113 Å². The Morgan fingerprint density at radius 1 is 1.42 bits per heavy atom. The molecule has 1 heterocycles. The standard InChI is InChI=1S/C11H6BrF2NO4/c1-18-7-3-5(13)4(2-6(7)14)10-8(12)9(11(16)17)15-19-10/h2-3H,1H3,(H,16,17). The second-order valence-corrected chi connectivity index (χ2v) is 4.24. The first kappa shape index (κ1) is 13.5. The van der Waals surface area contributed by atoms with Crippen molar-refractivity contribution in [2.75, 3.05) is 7.11 Å². The highest BCUT2D eigenvalue weighted by Gasteiger charge is 2.24. The average molecular weight is 334 g/mol. The zero-order chi connectivity index (χ0) is 14.2. The van der Waals surface area contributed by atoms with Gasteiger partial charge in [0.25, 0.3) is 0 Å². The molecule has 2 aromatic rings. The number of carboxylic acids is 1. The van der Waals surface area contributed by atoms with E-state index in [9.17, 15) is 13.6 Å². The third kappa shape index (κ3) is 2.30. The molecule has 1 aromatic heterocycles. The van der Waals surface area contributed by atoms with Crippen LogP contribution in [0.1, 0.15) is 10.5 Å². The number of nitrogens with zero attached hydrogens (tertiary/aromatic N) is 1. The molecule has 1 N–H and O–H groups in total. The minimum atomic E-state index is -1.35. The molecule has 0 radical (unpaired) electrons. The van der Waals surface area contributed by atoms with Crippen LogP contribution in [0.3, 0.4) is 0 Å². The van der Waals surface area contributed by atoms with Crippen molar-refractivity contribution in [2.24, 2.45) is 0 Å². The first-order valence-corrected chi connectivity index (χ1v) is 5.67. The molecule has 1 aromatic carbocycles. The van der Waals surface area contributed by atoms with Crippen LogP contribution in [0.4, 0.5) is 8.78 Å². The molecule has 0 aliphatic heterocycles. The number of benzene rings is 1. The highest BCUT2D eigenvalue weighted by Crippen LogP contribution is 2.35. The van der Waals surface area contributed by atoms with Crippen LogP contribution in [0.25, 0.3) is 11.3 Å². The maximum Gasteiger partial charge on any atom is 0.359 e. The number of halogens is 3. The van der Waals surface area contributed by atoms with E-state index < -0.39 is 23.3 Å². The summed E-state index contributed by atoms with van der Waals surface area (Å²) in [6.07, 6.45) is 0.